The van der Waals surface area contributed by atoms with Crippen LogP contribution in [0.3, 0.4) is 0 Å². The Kier molecular flexibility index (Phi) is 5.17. The molecule has 2 aromatic rings. The second-order valence-corrected chi connectivity index (χ2v) is 5.72. The number of imide groups is 1. The summed E-state index contributed by atoms with van der Waals surface area (Å²) >= 11 is 0. The van der Waals surface area contributed by atoms with Gasteiger partial charge in [0.1, 0.15) is 5.75 Å². The lowest BCUT2D eigenvalue weighted by Gasteiger charge is -2.14. The van der Waals surface area contributed by atoms with E-state index in [0.29, 0.717) is 23.6 Å². The lowest BCUT2D eigenvalue weighted by Crippen LogP contribution is -2.30. The number of carbonyl (C=O) groups excluding carboxylic acids is 3. The zero-order valence-electron chi connectivity index (χ0n) is 14.3. The van der Waals surface area contributed by atoms with Crippen molar-refractivity contribution in [2.24, 2.45) is 0 Å². The molecule has 1 aliphatic rings. The van der Waals surface area contributed by atoms with E-state index in [1.807, 2.05) is 6.92 Å². The summed E-state index contributed by atoms with van der Waals surface area (Å²) in [5.41, 5.74) is 1.76. The molecule has 0 radical (unpaired) electrons. The number of carbonyl (C=O) groups is 3. The Balaban J connectivity index is 1.74. The quantitative estimate of drug-likeness (QED) is 0.781. The predicted molar refractivity (Wildman–Crippen MR) is 96.0 cm³/mol. The minimum Gasteiger partial charge on any atom is -0.493 e. The highest BCUT2D eigenvalue weighted by molar-refractivity contribution is 6.06. The van der Waals surface area contributed by atoms with E-state index >= 15 is 0 Å². The fourth-order valence-corrected chi connectivity index (χ4v) is 2.68. The van der Waals surface area contributed by atoms with E-state index in [1.165, 1.54) is 0 Å². The van der Waals surface area contributed by atoms with Gasteiger partial charge in [-0.15, -0.1) is 0 Å². The van der Waals surface area contributed by atoms with Crippen LogP contribution in [0.5, 0.6) is 5.75 Å². The highest BCUT2D eigenvalue weighted by atomic mass is 16.5. The molecule has 7 nitrogen and oxygen atoms in total. The zero-order chi connectivity index (χ0) is 18.5. The van der Waals surface area contributed by atoms with Crippen LogP contribution in [0.2, 0.25) is 0 Å². The van der Waals surface area contributed by atoms with Gasteiger partial charge in [0, 0.05) is 5.69 Å². The van der Waals surface area contributed by atoms with Gasteiger partial charge in [0.05, 0.1) is 25.3 Å². The standard InChI is InChI=1S/C19H19N3O4/c1-2-26-16-9-4-3-8-15(16)18(24)21-14-7-5-6-13(10-14)12-22-17(23)11-20-19(22)25/h3-10H,2,11-12H2,1H3,(H,20,25)(H,21,24). The van der Waals surface area contributed by atoms with Crippen LogP contribution < -0.4 is 15.4 Å². The van der Waals surface area contributed by atoms with Crippen LogP contribution in [0.25, 0.3) is 0 Å². The number of ether oxygens (including phenoxy) is 1. The van der Waals surface area contributed by atoms with Crippen molar-refractivity contribution < 1.29 is 19.1 Å². The Bertz CT molecular complexity index is 834. The lowest BCUT2D eigenvalue weighted by atomic mass is 10.1. The fraction of sp³-hybridized carbons (Fsp3) is 0.211. The molecule has 134 valence electrons. The first-order valence-electron chi connectivity index (χ1n) is 8.29. The van der Waals surface area contributed by atoms with Gasteiger partial charge in [0.25, 0.3) is 5.91 Å². The molecule has 1 aliphatic heterocycles. The Labute approximate surface area is 150 Å². The van der Waals surface area contributed by atoms with Crippen LogP contribution in [0.1, 0.15) is 22.8 Å². The molecular formula is C19H19N3O4. The number of para-hydroxylation sites is 1. The molecular weight excluding hydrogens is 334 g/mol. The van der Waals surface area contributed by atoms with Crippen molar-refractivity contribution in [1.82, 2.24) is 10.2 Å². The Morgan fingerprint density at radius 3 is 2.73 bits per heavy atom. The smallest absolute Gasteiger partial charge is 0.324 e. The maximum Gasteiger partial charge on any atom is 0.324 e. The van der Waals surface area contributed by atoms with Gasteiger partial charge in [-0.05, 0) is 36.8 Å². The maximum absolute atomic E-state index is 12.5. The third kappa shape index (κ3) is 3.83. The Hall–Kier alpha value is -3.35. The average Bonchev–Trinajstić information content (AvgIpc) is 2.95. The number of benzene rings is 2. The van der Waals surface area contributed by atoms with Gasteiger partial charge < -0.3 is 15.4 Å². The van der Waals surface area contributed by atoms with Gasteiger partial charge in [-0.2, -0.15) is 0 Å². The Morgan fingerprint density at radius 1 is 1.19 bits per heavy atom. The number of hydrogen-bond donors (Lipinski definition) is 2. The molecule has 0 aromatic heterocycles. The predicted octanol–water partition coefficient (Wildman–Crippen LogP) is 2.39. The van der Waals surface area contributed by atoms with Crippen molar-refractivity contribution in [3.63, 3.8) is 0 Å². The zero-order valence-corrected chi connectivity index (χ0v) is 14.3. The van der Waals surface area contributed by atoms with Crippen LogP contribution in [-0.2, 0) is 11.3 Å². The van der Waals surface area contributed by atoms with E-state index in [0.717, 1.165) is 10.5 Å². The molecule has 0 aliphatic carbocycles. The normalized spacial score (nSPS) is 13.5. The molecule has 4 amide bonds. The molecule has 0 unspecified atom stereocenters. The summed E-state index contributed by atoms with van der Waals surface area (Å²) in [4.78, 5) is 37.0. The van der Waals surface area contributed by atoms with Crippen molar-refractivity contribution in [2.75, 3.05) is 18.5 Å². The van der Waals surface area contributed by atoms with Crippen LogP contribution in [0.4, 0.5) is 10.5 Å². The highest BCUT2D eigenvalue weighted by Gasteiger charge is 2.28. The van der Waals surface area contributed by atoms with Crippen molar-refractivity contribution in [3.05, 3.63) is 59.7 Å². The van der Waals surface area contributed by atoms with Gasteiger partial charge in [0.2, 0.25) is 5.91 Å². The van der Waals surface area contributed by atoms with E-state index in [2.05, 4.69) is 10.6 Å². The van der Waals surface area contributed by atoms with Gasteiger partial charge >= 0.3 is 6.03 Å². The van der Waals surface area contributed by atoms with E-state index in [-0.39, 0.29) is 24.9 Å². The number of rotatable bonds is 6. The molecule has 26 heavy (non-hydrogen) atoms. The average molecular weight is 353 g/mol. The van der Waals surface area contributed by atoms with Crippen molar-refractivity contribution in [2.45, 2.75) is 13.5 Å². The van der Waals surface area contributed by atoms with E-state index in [1.54, 1.807) is 48.5 Å². The molecule has 1 saturated heterocycles. The summed E-state index contributed by atoms with van der Waals surface area (Å²) in [6.07, 6.45) is 0. The van der Waals surface area contributed by atoms with Crippen LogP contribution in [0.15, 0.2) is 48.5 Å². The molecule has 0 spiro atoms. The van der Waals surface area contributed by atoms with Crippen molar-refractivity contribution in [1.29, 1.82) is 0 Å². The number of nitrogens with zero attached hydrogens (tertiary/aromatic N) is 1. The highest BCUT2D eigenvalue weighted by Crippen LogP contribution is 2.20. The molecule has 1 fully saturated rings. The third-order valence-corrected chi connectivity index (χ3v) is 3.89. The molecule has 0 atom stereocenters. The Morgan fingerprint density at radius 2 is 2.00 bits per heavy atom. The van der Waals surface area contributed by atoms with E-state index in [9.17, 15) is 14.4 Å². The third-order valence-electron chi connectivity index (χ3n) is 3.89. The van der Waals surface area contributed by atoms with Gasteiger partial charge in [-0.3, -0.25) is 14.5 Å². The number of urea groups is 1. The molecule has 7 heteroatoms. The summed E-state index contributed by atoms with van der Waals surface area (Å²) < 4.78 is 5.48. The lowest BCUT2D eigenvalue weighted by molar-refractivity contribution is -0.125. The molecule has 0 saturated carbocycles. The molecule has 1 heterocycles. The molecule has 0 bridgehead atoms. The largest absolute Gasteiger partial charge is 0.493 e. The van der Waals surface area contributed by atoms with Gasteiger partial charge in [-0.1, -0.05) is 24.3 Å². The summed E-state index contributed by atoms with van der Waals surface area (Å²) in [5.74, 6) is -0.0424. The fourth-order valence-electron chi connectivity index (χ4n) is 2.68. The monoisotopic (exact) mass is 353 g/mol. The van der Waals surface area contributed by atoms with Crippen molar-refractivity contribution in [3.8, 4) is 5.75 Å². The number of amides is 4. The second kappa shape index (κ2) is 7.69. The number of anilines is 1. The van der Waals surface area contributed by atoms with Gasteiger partial charge in [0.15, 0.2) is 0 Å². The first-order valence-corrected chi connectivity index (χ1v) is 8.29. The molecule has 2 N–H and O–H groups in total. The summed E-state index contributed by atoms with van der Waals surface area (Å²) in [5, 5.41) is 5.30. The van der Waals surface area contributed by atoms with E-state index in [4.69, 9.17) is 4.74 Å². The van der Waals surface area contributed by atoms with Crippen LogP contribution >= 0.6 is 0 Å². The number of nitrogens with one attached hydrogen (secondary N) is 2. The maximum atomic E-state index is 12.5. The first kappa shape index (κ1) is 17.5. The first-order chi connectivity index (χ1) is 12.6. The summed E-state index contributed by atoms with van der Waals surface area (Å²) in [7, 11) is 0. The van der Waals surface area contributed by atoms with Crippen LogP contribution in [0, 0.1) is 0 Å². The van der Waals surface area contributed by atoms with E-state index < -0.39 is 6.03 Å². The van der Waals surface area contributed by atoms with Gasteiger partial charge in [-0.25, -0.2) is 4.79 Å². The van der Waals surface area contributed by atoms with Crippen molar-refractivity contribution >= 4 is 23.5 Å². The number of hydrogen-bond acceptors (Lipinski definition) is 4. The summed E-state index contributed by atoms with van der Waals surface area (Å²) in [6, 6.07) is 13.6. The second-order valence-electron chi connectivity index (χ2n) is 5.72. The molecule has 3 rings (SSSR count). The van der Waals surface area contributed by atoms with Crippen LogP contribution in [-0.4, -0.2) is 35.9 Å². The minimum absolute atomic E-state index is 0.0173. The minimum atomic E-state index is -0.407. The summed E-state index contributed by atoms with van der Waals surface area (Å²) in [6.45, 7) is 2.49. The molecule has 2 aromatic carbocycles. The topological polar surface area (TPSA) is 87.7 Å². The SMILES string of the molecule is CCOc1ccccc1C(=O)Nc1cccc(CN2C(=O)CNC2=O)c1.